The normalized spacial score (nSPS) is 12.3. The van der Waals surface area contributed by atoms with Gasteiger partial charge in [0.2, 0.25) is 5.89 Å². The van der Waals surface area contributed by atoms with Gasteiger partial charge < -0.3 is 9.73 Å². The first-order valence-corrected chi connectivity index (χ1v) is 10.3. The number of carbonyl (C=O) groups excluding carboxylic acids is 1. The molecular formula is C24H30N4O2. The minimum Gasteiger partial charge on any atom is -0.447 e. The molecule has 158 valence electrons. The van der Waals surface area contributed by atoms with Crippen LogP contribution in [0.3, 0.4) is 0 Å². The highest BCUT2D eigenvalue weighted by atomic mass is 16.3. The quantitative estimate of drug-likeness (QED) is 0.572. The summed E-state index contributed by atoms with van der Waals surface area (Å²) >= 11 is 0. The van der Waals surface area contributed by atoms with Crippen molar-refractivity contribution in [3.8, 4) is 0 Å². The molecule has 0 saturated heterocycles. The number of benzene rings is 1. The topological polar surface area (TPSA) is 71.3 Å². The zero-order valence-corrected chi connectivity index (χ0v) is 18.1. The second kappa shape index (κ2) is 10.2. The molecule has 0 aliphatic carbocycles. The SMILES string of the molecule is Cc1ccc(CN(Cc2nc(C(=O)NCc3cccnc3)co2)C(C)C(C)C)cc1. The molecule has 30 heavy (non-hydrogen) atoms. The summed E-state index contributed by atoms with van der Waals surface area (Å²) in [5.41, 5.74) is 3.72. The van der Waals surface area contributed by atoms with Gasteiger partial charge in [-0.05, 0) is 37.0 Å². The number of oxazole rings is 1. The molecule has 6 nitrogen and oxygen atoms in total. The summed E-state index contributed by atoms with van der Waals surface area (Å²) in [6.45, 7) is 10.5. The van der Waals surface area contributed by atoms with Gasteiger partial charge in [0, 0.05) is 31.5 Å². The number of rotatable bonds is 9. The fourth-order valence-electron chi connectivity index (χ4n) is 3.13. The van der Waals surface area contributed by atoms with Crippen LogP contribution in [0.25, 0.3) is 0 Å². The average Bonchev–Trinajstić information content (AvgIpc) is 3.22. The Morgan fingerprint density at radius 3 is 2.53 bits per heavy atom. The Morgan fingerprint density at radius 1 is 1.10 bits per heavy atom. The molecule has 0 fully saturated rings. The van der Waals surface area contributed by atoms with E-state index in [0.29, 0.717) is 36.6 Å². The molecule has 0 radical (unpaired) electrons. The zero-order valence-electron chi connectivity index (χ0n) is 18.1. The van der Waals surface area contributed by atoms with Crippen LogP contribution in [0.5, 0.6) is 0 Å². The molecule has 1 aromatic carbocycles. The molecule has 3 rings (SSSR count). The Morgan fingerprint density at radius 2 is 1.87 bits per heavy atom. The van der Waals surface area contributed by atoms with E-state index in [9.17, 15) is 4.79 Å². The summed E-state index contributed by atoms with van der Waals surface area (Å²) in [7, 11) is 0. The van der Waals surface area contributed by atoms with E-state index in [2.05, 4.69) is 72.1 Å². The highest BCUT2D eigenvalue weighted by Crippen LogP contribution is 2.18. The van der Waals surface area contributed by atoms with E-state index in [4.69, 9.17) is 4.42 Å². The third-order valence-electron chi connectivity index (χ3n) is 5.35. The summed E-state index contributed by atoms with van der Waals surface area (Å²) in [4.78, 5) is 23.2. The molecule has 0 aliphatic heterocycles. The highest BCUT2D eigenvalue weighted by Gasteiger charge is 2.21. The lowest BCUT2D eigenvalue weighted by Crippen LogP contribution is -2.36. The number of carbonyl (C=O) groups is 1. The van der Waals surface area contributed by atoms with Gasteiger partial charge in [-0.3, -0.25) is 14.7 Å². The molecule has 1 N–H and O–H groups in total. The van der Waals surface area contributed by atoms with E-state index in [1.165, 1.54) is 17.4 Å². The van der Waals surface area contributed by atoms with E-state index >= 15 is 0 Å². The number of aromatic nitrogens is 2. The van der Waals surface area contributed by atoms with Crippen LogP contribution >= 0.6 is 0 Å². The maximum atomic E-state index is 12.4. The molecule has 0 bridgehead atoms. The van der Waals surface area contributed by atoms with Crippen molar-refractivity contribution in [2.24, 2.45) is 5.92 Å². The monoisotopic (exact) mass is 406 g/mol. The van der Waals surface area contributed by atoms with Crippen molar-refractivity contribution in [2.45, 2.75) is 53.4 Å². The Bertz CT molecular complexity index is 935. The Balaban J connectivity index is 1.65. The number of aryl methyl sites for hydroxylation is 1. The fourth-order valence-corrected chi connectivity index (χ4v) is 3.13. The number of nitrogens with zero attached hydrogens (tertiary/aromatic N) is 3. The third-order valence-corrected chi connectivity index (χ3v) is 5.35. The Labute approximate surface area is 178 Å². The van der Waals surface area contributed by atoms with Gasteiger partial charge in [0.05, 0.1) is 6.54 Å². The zero-order chi connectivity index (χ0) is 21.5. The Kier molecular flexibility index (Phi) is 7.36. The molecule has 2 heterocycles. The minimum atomic E-state index is -0.254. The first-order valence-electron chi connectivity index (χ1n) is 10.3. The Hall–Kier alpha value is -2.99. The molecule has 3 aromatic rings. The van der Waals surface area contributed by atoms with Gasteiger partial charge in [0.25, 0.3) is 5.91 Å². The van der Waals surface area contributed by atoms with E-state index in [1.807, 2.05) is 12.1 Å². The maximum Gasteiger partial charge on any atom is 0.273 e. The first-order chi connectivity index (χ1) is 14.4. The fraction of sp³-hybridized carbons (Fsp3) is 0.375. The summed E-state index contributed by atoms with van der Waals surface area (Å²) in [6, 6.07) is 12.7. The standard InChI is InChI=1S/C24H30N4O2/c1-17(2)19(4)28(14-20-9-7-18(3)8-10-20)15-23-27-22(16-30-23)24(29)26-13-21-6-5-11-25-12-21/h5-12,16-17,19H,13-15H2,1-4H3,(H,26,29). The number of nitrogens with one attached hydrogen (secondary N) is 1. The van der Waals surface area contributed by atoms with Crippen LogP contribution in [-0.2, 0) is 19.6 Å². The number of pyridine rings is 1. The molecule has 2 aromatic heterocycles. The summed E-state index contributed by atoms with van der Waals surface area (Å²) in [6.07, 6.45) is 4.86. The lowest BCUT2D eigenvalue weighted by molar-refractivity contribution is 0.0945. The second-order valence-electron chi connectivity index (χ2n) is 8.05. The van der Waals surface area contributed by atoms with Crippen molar-refractivity contribution in [3.63, 3.8) is 0 Å². The van der Waals surface area contributed by atoms with Gasteiger partial charge in [-0.2, -0.15) is 0 Å². The van der Waals surface area contributed by atoms with Crippen LogP contribution in [0.1, 0.15) is 53.8 Å². The van der Waals surface area contributed by atoms with Gasteiger partial charge in [-0.15, -0.1) is 0 Å². The van der Waals surface area contributed by atoms with Crippen molar-refractivity contribution in [1.82, 2.24) is 20.2 Å². The number of hydrogen-bond donors (Lipinski definition) is 1. The summed E-state index contributed by atoms with van der Waals surface area (Å²) in [5, 5.41) is 2.85. The summed E-state index contributed by atoms with van der Waals surface area (Å²) < 4.78 is 5.63. The van der Waals surface area contributed by atoms with Crippen LogP contribution in [0.4, 0.5) is 0 Å². The number of hydrogen-bond acceptors (Lipinski definition) is 5. The van der Waals surface area contributed by atoms with Crippen molar-refractivity contribution < 1.29 is 9.21 Å². The van der Waals surface area contributed by atoms with E-state index in [-0.39, 0.29) is 5.91 Å². The van der Waals surface area contributed by atoms with Crippen LogP contribution in [0.2, 0.25) is 0 Å². The maximum absolute atomic E-state index is 12.4. The largest absolute Gasteiger partial charge is 0.447 e. The van der Waals surface area contributed by atoms with Crippen molar-refractivity contribution >= 4 is 5.91 Å². The van der Waals surface area contributed by atoms with Crippen molar-refractivity contribution in [1.29, 1.82) is 0 Å². The van der Waals surface area contributed by atoms with Gasteiger partial charge in [0.1, 0.15) is 6.26 Å². The number of amides is 1. The molecule has 0 aliphatic rings. The summed E-state index contributed by atoms with van der Waals surface area (Å²) in [5.74, 6) is 0.768. The molecule has 1 atom stereocenters. The van der Waals surface area contributed by atoms with Gasteiger partial charge >= 0.3 is 0 Å². The average molecular weight is 407 g/mol. The molecule has 1 unspecified atom stereocenters. The lowest BCUT2D eigenvalue weighted by Gasteiger charge is -2.30. The van der Waals surface area contributed by atoms with Crippen LogP contribution in [-0.4, -0.2) is 26.8 Å². The van der Waals surface area contributed by atoms with E-state index in [1.54, 1.807) is 12.4 Å². The molecule has 6 heteroatoms. The lowest BCUT2D eigenvalue weighted by atomic mass is 10.0. The van der Waals surface area contributed by atoms with Crippen molar-refractivity contribution in [2.75, 3.05) is 0 Å². The van der Waals surface area contributed by atoms with Gasteiger partial charge in [0.15, 0.2) is 5.69 Å². The molecular weight excluding hydrogens is 376 g/mol. The van der Waals surface area contributed by atoms with E-state index < -0.39 is 0 Å². The third kappa shape index (κ3) is 6.00. The predicted octanol–water partition coefficient (Wildman–Crippen LogP) is 4.35. The van der Waals surface area contributed by atoms with E-state index in [0.717, 1.165) is 12.1 Å². The smallest absolute Gasteiger partial charge is 0.273 e. The van der Waals surface area contributed by atoms with Gasteiger partial charge in [-0.1, -0.05) is 49.7 Å². The van der Waals surface area contributed by atoms with Crippen molar-refractivity contribution in [3.05, 3.63) is 83.3 Å². The molecule has 0 spiro atoms. The van der Waals surface area contributed by atoms with Crippen LogP contribution in [0, 0.1) is 12.8 Å². The molecule has 0 saturated carbocycles. The van der Waals surface area contributed by atoms with Crippen LogP contribution in [0.15, 0.2) is 59.5 Å². The predicted molar refractivity (Wildman–Crippen MR) is 117 cm³/mol. The first kappa shape index (κ1) is 21.7. The second-order valence-corrected chi connectivity index (χ2v) is 8.05. The van der Waals surface area contributed by atoms with Crippen LogP contribution < -0.4 is 5.32 Å². The minimum absolute atomic E-state index is 0.254. The van der Waals surface area contributed by atoms with Gasteiger partial charge in [-0.25, -0.2) is 4.98 Å². The molecule has 1 amide bonds. The highest BCUT2D eigenvalue weighted by molar-refractivity contribution is 5.91.